The highest BCUT2D eigenvalue weighted by Gasteiger charge is 2.60. The molecule has 2 aromatic carbocycles. The fraction of sp³-hybridized carbons (Fsp3) is 0.538. The monoisotopic (exact) mass is 646 g/mol. The molecule has 1 aliphatic carbocycles. The Morgan fingerprint density at radius 1 is 0.889 bits per heavy atom. The third kappa shape index (κ3) is 6.91. The van der Waals surface area contributed by atoms with Crippen LogP contribution in [0.4, 0.5) is 0 Å². The lowest BCUT2D eigenvalue weighted by Gasteiger charge is -2.46. The van der Waals surface area contributed by atoms with Gasteiger partial charge in [-0.1, -0.05) is 115 Å². The van der Waals surface area contributed by atoms with Gasteiger partial charge in [0.1, 0.15) is 17.1 Å². The van der Waals surface area contributed by atoms with E-state index in [0.717, 1.165) is 31.4 Å². The molecule has 0 amide bonds. The number of aliphatic hydroxyl groups is 1. The van der Waals surface area contributed by atoms with Crippen molar-refractivity contribution >= 4 is 27.0 Å². The number of allylic oxidation sites excluding steroid dienone is 1. The molecular weight excluding hydrogens is 589 g/mol. The van der Waals surface area contributed by atoms with Gasteiger partial charge in [-0.05, 0) is 77.8 Å². The van der Waals surface area contributed by atoms with Crippen LogP contribution in [0, 0.1) is 5.41 Å². The molecule has 246 valence electrons. The van der Waals surface area contributed by atoms with Crippen LogP contribution in [0.3, 0.4) is 0 Å². The molecule has 1 aromatic heterocycles. The minimum Gasteiger partial charge on any atom is -0.463 e. The van der Waals surface area contributed by atoms with Gasteiger partial charge in [0.25, 0.3) is 8.32 Å². The van der Waals surface area contributed by atoms with Crippen LogP contribution in [-0.4, -0.2) is 34.5 Å². The molecule has 0 saturated heterocycles. The minimum absolute atomic E-state index is 0.0351. The van der Waals surface area contributed by atoms with Gasteiger partial charge in [0.15, 0.2) is 8.32 Å². The Labute approximate surface area is 275 Å². The number of furan rings is 1. The predicted molar refractivity (Wildman–Crippen MR) is 193 cm³/mol. The summed E-state index contributed by atoms with van der Waals surface area (Å²) < 4.78 is 20.5. The Morgan fingerprint density at radius 2 is 1.47 bits per heavy atom. The third-order valence-electron chi connectivity index (χ3n) is 10.9. The van der Waals surface area contributed by atoms with Crippen molar-refractivity contribution < 1.29 is 18.4 Å². The van der Waals surface area contributed by atoms with Crippen LogP contribution in [0.2, 0.25) is 23.2 Å². The molecule has 0 aliphatic heterocycles. The predicted octanol–water partition coefficient (Wildman–Crippen LogP) is 9.13. The fourth-order valence-corrected chi connectivity index (χ4v) is 13.1. The summed E-state index contributed by atoms with van der Waals surface area (Å²) >= 11 is 0. The van der Waals surface area contributed by atoms with E-state index in [1.165, 1.54) is 10.4 Å². The fourth-order valence-electron chi connectivity index (χ4n) is 7.06. The molecular formula is C39H58O4Si2. The molecule has 3 aromatic rings. The van der Waals surface area contributed by atoms with Gasteiger partial charge in [0.05, 0.1) is 6.10 Å². The first kappa shape index (κ1) is 35.6. The van der Waals surface area contributed by atoms with Gasteiger partial charge in [-0.15, -0.1) is 6.58 Å². The zero-order valence-electron chi connectivity index (χ0n) is 29.4. The van der Waals surface area contributed by atoms with E-state index in [1.54, 1.807) is 0 Å². The zero-order chi connectivity index (χ0) is 33.2. The second-order valence-electron chi connectivity index (χ2n) is 15.9. The summed E-state index contributed by atoms with van der Waals surface area (Å²) in [6, 6.07) is 25.7. The van der Waals surface area contributed by atoms with E-state index in [0.29, 0.717) is 25.2 Å². The molecule has 4 nitrogen and oxygen atoms in total. The normalized spacial score (nSPS) is 22.9. The van der Waals surface area contributed by atoms with Crippen molar-refractivity contribution in [1.29, 1.82) is 0 Å². The molecule has 0 unspecified atom stereocenters. The molecule has 1 fully saturated rings. The van der Waals surface area contributed by atoms with Crippen LogP contribution in [0.5, 0.6) is 0 Å². The first-order valence-corrected chi connectivity index (χ1v) is 21.7. The van der Waals surface area contributed by atoms with Crippen LogP contribution < -0.4 is 10.4 Å². The van der Waals surface area contributed by atoms with E-state index in [9.17, 15) is 5.11 Å². The average molecular weight is 647 g/mol. The highest BCUT2D eigenvalue weighted by molar-refractivity contribution is 6.99. The molecule has 3 atom stereocenters. The van der Waals surface area contributed by atoms with Crippen LogP contribution in [0.1, 0.15) is 92.1 Å². The number of aryl methyl sites for hydroxylation is 1. The van der Waals surface area contributed by atoms with Crippen LogP contribution in [-0.2, 0) is 20.9 Å². The van der Waals surface area contributed by atoms with E-state index >= 15 is 0 Å². The number of hydrogen-bond acceptors (Lipinski definition) is 4. The van der Waals surface area contributed by atoms with Crippen molar-refractivity contribution in [1.82, 2.24) is 0 Å². The number of benzene rings is 2. The molecule has 6 heteroatoms. The standard InChI is InChI=1S/C39H58O4Si2/c1-11-28-38(8)34(43-44(9,10)36(2,3)4)27-29-39(38,40)35-26-25-31(42-35)20-18-19-30-41-45(37(5,6)7,32-21-14-12-15-22-32)33-23-16-13-17-24-33/h11-17,21-26,34,40H,1,18-20,27-30H2,2-10H3/t34-,38-,39-/m1/s1. The van der Waals surface area contributed by atoms with Gasteiger partial charge in [-0.25, -0.2) is 0 Å². The van der Waals surface area contributed by atoms with Crippen LogP contribution in [0.15, 0.2) is 89.9 Å². The minimum atomic E-state index is -2.54. The summed E-state index contributed by atoms with van der Waals surface area (Å²) in [7, 11) is -4.56. The van der Waals surface area contributed by atoms with E-state index in [4.69, 9.17) is 13.3 Å². The molecule has 0 bridgehead atoms. The van der Waals surface area contributed by atoms with Gasteiger partial charge in [-0.3, -0.25) is 0 Å². The summed E-state index contributed by atoms with van der Waals surface area (Å²) in [5.74, 6) is 1.57. The van der Waals surface area contributed by atoms with Crippen molar-refractivity contribution in [3.05, 3.63) is 97.0 Å². The lowest BCUT2D eigenvalue weighted by Crippen LogP contribution is -2.66. The van der Waals surface area contributed by atoms with E-state index < -0.39 is 27.7 Å². The summed E-state index contributed by atoms with van der Waals surface area (Å²) in [5.41, 5.74) is -1.61. The van der Waals surface area contributed by atoms with Crippen LogP contribution >= 0.6 is 0 Å². The van der Waals surface area contributed by atoms with Crippen molar-refractivity contribution in [2.75, 3.05) is 6.61 Å². The summed E-state index contributed by atoms with van der Waals surface area (Å²) in [4.78, 5) is 0. The molecule has 0 radical (unpaired) electrons. The van der Waals surface area contributed by atoms with E-state index in [2.05, 4.69) is 129 Å². The van der Waals surface area contributed by atoms with Crippen molar-refractivity contribution in [3.8, 4) is 0 Å². The highest BCUT2D eigenvalue weighted by Crippen LogP contribution is 2.57. The Morgan fingerprint density at radius 3 is 1.98 bits per heavy atom. The second-order valence-corrected chi connectivity index (χ2v) is 25.0. The highest BCUT2D eigenvalue weighted by atomic mass is 28.4. The Hall–Kier alpha value is -2.23. The van der Waals surface area contributed by atoms with Crippen molar-refractivity contribution in [2.24, 2.45) is 5.41 Å². The quantitative estimate of drug-likeness (QED) is 0.114. The lowest BCUT2D eigenvalue weighted by molar-refractivity contribution is -0.105. The third-order valence-corrected chi connectivity index (χ3v) is 20.4. The first-order valence-electron chi connectivity index (χ1n) is 16.9. The molecule has 45 heavy (non-hydrogen) atoms. The van der Waals surface area contributed by atoms with Crippen LogP contribution in [0.25, 0.3) is 0 Å². The number of rotatable bonds is 13. The molecule has 4 rings (SSSR count). The molecule has 1 heterocycles. The average Bonchev–Trinajstić information content (AvgIpc) is 3.54. The Balaban J connectivity index is 1.46. The molecule has 0 spiro atoms. The van der Waals surface area contributed by atoms with Gasteiger partial charge < -0.3 is 18.4 Å². The summed E-state index contributed by atoms with van der Waals surface area (Å²) in [5, 5.41) is 14.9. The summed E-state index contributed by atoms with van der Waals surface area (Å²) in [6.45, 7) is 25.2. The maximum atomic E-state index is 12.3. The maximum Gasteiger partial charge on any atom is 0.261 e. The zero-order valence-corrected chi connectivity index (χ0v) is 31.4. The molecule has 1 N–H and O–H groups in total. The van der Waals surface area contributed by atoms with Crippen molar-refractivity contribution in [3.63, 3.8) is 0 Å². The Kier molecular flexibility index (Phi) is 10.7. The Bertz CT molecular complexity index is 1350. The van der Waals surface area contributed by atoms with Gasteiger partial charge in [0, 0.05) is 18.4 Å². The number of hydrogen-bond donors (Lipinski definition) is 1. The van der Waals surface area contributed by atoms with Gasteiger partial charge >= 0.3 is 0 Å². The van der Waals surface area contributed by atoms with Gasteiger partial charge in [-0.2, -0.15) is 0 Å². The largest absolute Gasteiger partial charge is 0.463 e. The molecule has 1 aliphatic rings. The number of unbranched alkanes of at least 4 members (excludes halogenated alkanes) is 1. The SMILES string of the molecule is C=CC[C@]1(C)[C@H](O[Si](C)(C)C(C)(C)C)CC[C@@]1(O)c1ccc(CCCCO[Si](c2ccccc2)(c2ccccc2)C(C)(C)C)o1. The first-order chi connectivity index (χ1) is 21.0. The smallest absolute Gasteiger partial charge is 0.261 e. The van der Waals surface area contributed by atoms with E-state index in [1.807, 2.05) is 18.2 Å². The maximum absolute atomic E-state index is 12.3. The topological polar surface area (TPSA) is 51.8 Å². The molecule has 1 saturated carbocycles. The van der Waals surface area contributed by atoms with E-state index in [-0.39, 0.29) is 16.2 Å². The second kappa shape index (κ2) is 13.5. The van der Waals surface area contributed by atoms with Crippen molar-refractivity contribution in [2.45, 2.75) is 122 Å². The van der Waals surface area contributed by atoms with Gasteiger partial charge in [0.2, 0.25) is 0 Å². The summed E-state index contributed by atoms with van der Waals surface area (Å²) in [6.07, 6.45) is 6.66. The lowest BCUT2D eigenvalue weighted by atomic mass is 9.71.